The molecule has 3 N–H and O–H groups in total. The third-order valence-electron chi connectivity index (χ3n) is 3.61. The van der Waals surface area contributed by atoms with E-state index in [1.54, 1.807) is 0 Å². The van der Waals surface area contributed by atoms with E-state index in [9.17, 15) is 4.79 Å². The molecule has 0 bridgehead atoms. The number of H-pyrrole nitrogens is 1. The molecule has 1 unspecified atom stereocenters. The lowest BCUT2D eigenvalue weighted by Crippen LogP contribution is -2.21. The fourth-order valence-corrected chi connectivity index (χ4v) is 2.57. The van der Waals surface area contributed by atoms with Gasteiger partial charge in [-0.05, 0) is 36.3 Å². The Hall–Kier alpha value is -1.87. The Bertz CT molecular complexity index is 669. The Morgan fingerprint density at radius 1 is 1.22 bits per heavy atom. The van der Waals surface area contributed by atoms with Crippen molar-refractivity contribution in [3.63, 3.8) is 0 Å². The van der Waals surface area contributed by atoms with E-state index in [2.05, 4.69) is 11.1 Å². The summed E-state index contributed by atoms with van der Waals surface area (Å²) in [4.78, 5) is 14.6. The third kappa shape index (κ3) is 1.87. The number of allylic oxidation sites excluding steroid dienone is 1. The predicted octanol–water partition coefficient (Wildman–Crippen LogP) is 2.42. The van der Waals surface area contributed by atoms with Crippen molar-refractivity contribution in [2.45, 2.75) is 25.3 Å². The van der Waals surface area contributed by atoms with Crippen LogP contribution in [0.15, 0.2) is 41.3 Å². The van der Waals surface area contributed by atoms with Crippen molar-refractivity contribution in [1.82, 2.24) is 4.98 Å². The molecule has 18 heavy (non-hydrogen) atoms. The predicted molar refractivity (Wildman–Crippen MR) is 74.4 cm³/mol. The lowest BCUT2D eigenvalue weighted by atomic mass is 9.90. The Morgan fingerprint density at radius 2 is 2.00 bits per heavy atom. The Balaban J connectivity index is 2.19. The molecule has 1 aromatic heterocycles. The van der Waals surface area contributed by atoms with Crippen LogP contribution < -0.4 is 11.3 Å². The van der Waals surface area contributed by atoms with Crippen molar-refractivity contribution >= 4 is 16.3 Å². The van der Waals surface area contributed by atoms with E-state index < -0.39 is 0 Å². The number of rotatable bonds is 1. The standard InChI is InChI=1S/C15H16N2O/c16-11-7-5-10(6-8-11)14-9-17-15(18)13-4-2-1-3-12(13)14/h1-5,9,11H,6-8,16H2,(H,17,18). The number of hydrogen-bond acceptors (Lipinski definition) is 2. The van der Waals surface area contributed by atoms with Crippen molar-refractivity contribution in [3.05, 3.63) is 52.5 Å². The topological polar surface area (TPSA) is 58.9 Å². The van der Waals surface area contributed by atoms with Gasteiger partial charge in [0.05, 0.1) is 0 Å². The highest BCUT2D eigenvalue weighted by Crippen LogP contribution is 2.29. The van der Waals surface area contributed by atoms with Crippen molar-refractivity contribution in [2.75, 3.05) is 0 Å². The van der Waals surface area contributed by atoms with Crippen LogP contribution in [0, 0.1) is 0 Å². The quantitative estimate of drug-likeness (QED) is 0.804. The van der Waals surface area contributed by atoms with E-state index in [0.29, 0.717) is 0 Å². The van der Waals surface area contributed by atoms with Gasteiger partial charge in [-0.3, -0.25) is 4.79 Å². The normalized spacial score (nSPS) is 19.8. The molecule has 1 heterocycles. The lowest BCUT2D eigenvalue weighted by molar-refractivity contribution is 0.614. The molecule has 0 saturated carbocycles. The number of benzene rings is 1. The number of fused-ring (bicyclic) bond motifs is 1. The molecule has 3 rings (SSSR count). The maximum absolute atomic E-state index is 11.8. The molecule has 2 aromatic rings. The largest absolute Gasteiger partial charge is 0.328 e. The highest BCUT2D eigenvalue weighted by molar-refractivity contribution is 5.93. The molecule has 92 valence electrons. The van der Waals surface area contributed by atoms with Gasteiger partial charge in [-0.2, -0.15) is 0 Å². The molecule has 0 fully saturated rings. The van der Waals surface area contributed by atoms with Crippen molar-refractivity contribution < 1.29 is 0 Å². The molecule has 3 nitrogen and oxygen atoms in total. The van der Waals surface area contributed by atoms with Gasteiger partial charge in [-0.15, -0.1) is 0 Å². The molecular formula is C15H16N2O. The van der Waals surface area contributed by atoms with Crippen LogP contribution in [-0.2, 0) is 0 Å². The first-order valence-electron chi connectivity index (χ1n) is 6.31. The monoisotopic (exact) mass is 240 g/mol. The van der Waals surface area contributed by atoms with Crippen LogP contribution in [0.3, 0.4) is 0 Å². The molecule has 1 aromatic carbocycles. The van der Waals surface area contributed by atoms with Gasteiger partial charge < -0.3 is 10.7 Å². The maximum atomic E-state index is 11.8. The van der Waals surface area contributed by atoms with Gasteiger partial charge in [0.15, 0.2) is 0 Å². The first-order chi connectivity index (χ1) is 8.75. The van der Waals surface area contributed by atoms with Crippen molar-refractivity contribution in [1.29, 1.82) is 0 Å². The van der Waals surface area contributed by atoms with Gasteiger partial charge in [0.2, 0.25) is 0 Å². The summed E-state index contributed by atoms with van der Waals surface area (Å²) in [6.45, 7) is 0. The van der Waals surface area contributed by atoms with Crippen LogP contribution in [0.4, 0.5) is 0 Å². The molecular weight excluding hydrogens is 224 g/mol. The van der Waals surface area contributed by atoms with Gasteiger partial charge in [0.1, 0.15) is 0 Å². The Morgan fingerprint density at radius 3 is 2.72 bits per heavy atom. The molecule has 0 aliphatic heterocycles. The second-order valence-electron chi connectivity index (χ2n) is 4.84. The Kier molecular flexibility index (Phi) is 2.76. The van der Waals surface area contributed by atoms with Crippen molar-refractivity contribution in [2.24, 2.45) is 5.73 Å². The van der Waals surface area contributed by atoms with Gasteiger partial charge in [-0.1, -0.05) is 24.3 Å². The zero-order valence-electron chi connectivity index (χ0n) is 10.1. The maximum Gasteiger partial charge on any atom is 0.255 e. The number of nitrogens with two attached hydrogens (primary N) is 1. The second kappa shape index (κ2) is 4.42. The van der Waals surface area contributed by atoms with Crippen LogP contribution in [0.1, 0.15) is 24.8 Å². The minimum Gasteiger partial charge on any atom is -0.328 e. The van der Waals surface area contributed by atoms with Crippen LogP contribution in [0.25, 0.3) is 16.3 Å². The number of pyridine rings is 1. The molecule has 1 aliphatic rings. The summed E-state index contributed by atoms with van der Waals surface area (Å²) < 4.78 is 0. The fraction of sp³-hybridized carbons (Fsp3) is 0.267. The molecule has 1 aliphatic carbocycles. The highest BCUT2D eigenvalue weighted by atomic mass is 16.1. The molecule has 0 saturated heterocycles. The summed E-state index contributed by atoms with van der Waals surface area (Å²) in [5, 5.41) is 1.79. The van der Waals surface area contributed by atoms with E-state index in [4.69, 9.17) is 5.73 Å². The lowest BCUT2D eigenvalue weighted by Gasteiger charge is -2.19. The van der Waals surface area contributed by atoms with E-state index in [1.807, 2.05) is 30.5 Å². The van der Waals surface area contributed by atoms with E-state index in [0.717, 1.165) is 35.6 Å². The van der Waals surface area contributed by atoms with Crippen LogP contribution >= 0.6 is 0 Å². The summed E-state index contributed by atoms with van der Waals surface area (Å²) in [6, 6.07) is 8.03. The first kappa shape index (κ1) is 11.2. The van der Waals surface area contributed by atoms with Crippen LogP contribution in [-0.4, -0.2) is 11.0 Å². The summed E-state index contributed by atoms with van der Waals surface area (Å²) in [6.07, 6.45) is 6.95. The number of hydrogen-bond donors (Lipinski definition) is 2. The Labute approximate surface area is 105 Å². The van der Waals surface area contributed by atoms with E-state index >= 15 is 0 Å². The average molecular weight is 240 g/mol. The third-order valence-corrected chi connectivity index (χ3v) is 3.61. The summed E-state index contributed by atoms with van der Waals surface area (Å²) >= 11 is 0. The highest BCUT2D eigenvalue weighted by Gasteiger charge is 2.14. The average Bonchev–Trinajstić information content (AvgIpc) is 2.41. The van der Waals surface area contributed by atoms with Gasteiger partial charge in [0, 0.05) is 23.2 Å². The fourth-order valence-electron chi connectivity index (χ4n) is 2.57. The summed E-state index contributed by atoms with van der Waals surface area (Å²) in [7, 11) is 0. The minimum atomic E-state index is -0.0255. The van der Waals surface area contributed by atoms with Crippen molar-refractivity contribution in [3.8, 4) is 0 Å². The zero-order chi connectivity index (χ0) is 12.5. The van der Waals surface area contributed by atoms with E-state index in [1.165, 1.54) is 5.57 Å². The second-order valence-corrected chi connectivity index (χ2v) is 4.84. The van der Waals surface area contributed by atoms with Crippen LogP contribution in [0.5, 0.6) is 0 Å². The first-order valence-corrected chi connectivity index (χ1v) is 6.31. The number of aromatic nitrogens is 1. The smallest absolute Gasteiger partial charge is 0.255 e. The SMILES string of the molecule is NC1CC=C(c2c[nH]c(=O)c3ccccc23)CC1. The summed E-state index contributed by atoms with van der Waals surface area (Å²) in [5.41, 5.74) is 8.32. The molecule has 0 amide bonds. The van der Waals surface area contributed by atoms with Crippen LogP contribution in [0.2, 0.25) is 0 Å². The van der Waals surface area contributed by atoms with E-state index in [-0.39, 0.29) is 11.6 Å². The zero-order valence-corrected chi connectivity index (χ0v) is 10.1. The molecule has 0 radical (unpaired) electrons. The van der Waals surface area contributed by atoms with Gasteiger partial charge >= 0.3 is 0 Å². The van der Waals surface area contributed by atoms with Gasteiger partial charge in [-0.25, -0.2) is 0 Å². The number of aromatic amines is 1. The minimum absolute atomic E-state index is 0.0255. The summed E-state index contributed by atoms with van der Waals surface area (Å²) in [5.74, 6) is 0. The molecule has 0 spiro atoms. The molecule has 3 heteroatoms. The number of nitrogens with one attached hydrogen (secondary N) is 1. The molecule has 1 atom stereocenters. The van der Waals surface area contributed by atoms with Gasteiger partial charge in [0.25, 0.3) is 5.56 Å².